The van der Waals surface area contributed by atoms with Crippen LogP contribution >= 0.6 is 23.4 Å². The van der Waals surface area contributed by atoms with E-state index in [1.54, 1.807) is 4.90 Å². The van der Waals surface area contributed by atoms with Gasteiger partial charge < -0.3 is 15.1 Å². The molecular formula is C27H29ClN4O2S. The van der Waals surface area contributed by atoms with Crippen molar-refractivity contribution in [2.75, 3.05) is 13.1 Å². The Balaban J connectivity index is 1.65. The van der Waals surface area contributed by atoms with Crippen molar-refractivity contribution in [2.45, 2.75) is 39.8 Å². The van der Waals surface area contributed by atoms with Gasteiger partial charge in [-0.2, -0.15) is 0 Å². The summed E-state index contributed by atoms with van der Waals surface area (Å²) in [5, 5.41) is 6.26. The number of carbonyl (C=O) groups excluding carboxylic acids is 2. The molecule has 182 valence electrons. The fraction of sp³-hybridized carbons (Fsp3) is 0.296. The molecule has 8 heteroatoms. The van der Waals surface area contributed by atoms with Gasteiger partial charge in [0.2, 0.25) is 5.91 Å². The number of hydrogen-bond donors (Lipinski definition) is 1. The molecule has 4 rings (SSSR count). The molecule has 0 aliphatic carbocycles. The summed E-state index contributed by atoms with van der Waals surface area (Å²) in [6.07, 6.45) is 0.172. The average molecular weight is 509 g/mol. The number of nitrogens with one attached hydrogen (secondary N) is 1. The van der Waals surface area contributed by atoms with Gasteiger partial charge in [-0.05, 0) is 43.4 Å². The molecule has 0 spiro atoms. The van der Waals surface area contributed by atoms with Gasteiger partial charge in [0.25, 0.3) is 5.91 Å². The zero-order chi connectivity index (χ0) is 24.9. The highest BCUT2D eigenvalue weighted by Crippen LogP contribution is 2.46. The first-order chi connectivity index (χ1) is 16.9. The van der Waals surface area contributed by atoms with Crippen LogP contribution in [0.25, 0.3) is 0 Å². The summed E-state index contributed by atoms with van der Waals surface area (Å²) < 4.78 is 0. The molecule has 2 aromatic rings. The summed E-state index contributed by atoms with van der Waals surface area (Å²) >= 11 is 8.13. The van der Waals surface area contributed by atoms with Crippen LogP contribution in [0.15, 0.2) is 82.0 Å². The van der Waals surface area contributed by atoms with Crippen LogP contribution in [0.4, 0.5) is 0 Å². The van der Waals surface area contributed by atoms with Crippen LogP contribution < -0.4 is 5.32 Å². The Hall–Kier alpha value is -3.03. The Bertz CT molecular complexity index is 1200. The molecule has 0 saturated heterocycles. The number of halogens is 1. The Morgan fingerprint density at radius 3 is 2.46 bits per heavy atom. The molecule has 0 aromatic heterocycles. The predicted octanol–water partition coefficient (Wildman–Crippen LogP) is 5.49. The average Bonchev–Trinajstić information content (AvgIpc) is 3.25. The Morgan fingerprint density at radius 1 is 1.09 bits per heavy atom. The minimum Gasteiger partial charge on any atom is -0.352 e. The lowest BCUT2D eigenvalue weighted by Gasteiger charge is -2.38. The number of thioether (sulfide) groups is 1. The second-order valence-corrected chi connectivity index (χ2v) is 9.57. The number of likely N-dealkylation sites (N-methyl/N-ethyl adjacent to an activating group) is 1. The summed E-state index contributed by atoms with van der Waals surface area (Å²) in [4.78, 5) is 35.1. The van der Waals surface area contributed by atoms with E-state index in [9.17, 15) is 9.59 Å². The van der Waals surface area contributed by atoms with Gasteiger partial charge in [0, 0.05) is 30.4 Å². The molecular weight excluding hydrogens is 480 g/mol. The molecule has 2 aliphatic heterocycles. The van der Waals surface area contributed by atoms with Crippen LogP contribution in [-0.4, -0.2) is 39.9 Å². The first kappa shape index (κ1) is 25.1. The largest absolute Gasteiger partial charge is 0.352 e. The van der Waals surface area contributed by atoms with E-state index in [-0.39, 0.29) is 18.2 Å². The van der Waals surface area contributed by atoms with Gasteiger partial charge in [-0.25, -0.2) is 4.99 Å². The third kappa shape index (κ3) is 5.31. The third-order valence-electron chi connectivity index (χ3n) is 6.16. The van der Waals surface area contributed by atoms with E-state index in [0.717, 1.165) is 22.0 Å². The lowest BCUT2D eigenvalue weighted by molar-refractivity contribution is -0.127. The molecule has 1 N–H and O–H groups in total. The maximum Gasteiger partial charge on any atom is 0.254 e. The van der Waals surface area contributed by atoms with Crippen molar-refractivity contribution < 1.29 is 9.59 Å². The second kappa shape index (κ2) is 11.1. The van der Waals surface area contributed by atoms with Crippen molar-refractivity contribution >= 4 is 40.3 Å². The number of aliphatic imine (C=N–C) groups is 1. The van der Waals surface area contributed by atoms with E-state index in [4.69, 9.17) is 16.6 Å². The van der Waals surface area contributed by atoms with E-state index in [1.807, 2.05) is 85.7 Å². The van der Waals surface area contributed by atoms with Crippen LogP contribution in [0.3, 0.4) is 0 Å². The maximum atomic E-state index is 13.7. The van der Waals surface area contributed by atoms with Crippen LogP contribution in [-0.2, 0) is 16.1 Å². The second-order valence-electron chi connectivity index (χ2n) is 8.33. The van der Waals surface area contributed by atoms with Crippen molar-refractivity contribution in [1.29, 1.82) is 0 Å². The van der Waals surface area contributed by atoms with Crippen molar-refractivity contribution in [2.24, 2.45) is 4.99 Å². The lowest BCUT2D eigenvalue weighted by atomic mass is 9.92. The highest BCUT2D eigenvalue weighted by Gasteiger charge is 2.42. The zero-order valence-electron chi connectivity index (χ0n) is 20.1. The minimum atomic E-state index is -0.465. The SMILES string of the molecule is CCN(CC)C(=O)C1=C(C)N=C2SC=C(CC(=O)NCc3ccccc3)N2C1c1ccccc1Cl. The highest BCUT2D eigenvalue weighted by molar-refractivity contribution is 8.16. The molecule has 0 radical (unpaired) electrons. The molecule has 0 bridgehead atoms. The predicted molar refractivity (Wildman–Crippen MR) is 143 cm³/mol. The Labute approximate surface area is 215 Å². The van der Waals surface area contributed by atoms with Crippen molar-refractivity contribution in [1.82, 2.24) is 15.1 Å². The highest BCUT2D eigenvalue weighted by atomic mass is 35.5. The number of allylic oxidation sites excluding steroid dienone is 1. The summed E-state index contributed by atoms with van der Waals surface area (Å²) in [6, 6.07) is 16.9. The van der Waals surface area contributed by atoms with Crippen LogP contribution in [0.2, 0.25) is 5.02 Å². The Kier molecular flexibility index (Phi) is 7.98. The van der Waals surface area contributed by atoms with E-state index >= 15 is 0 Å². The number of rotatable bonds is 8. The number of benzene rings is 2. The van der Waals surface area contributed by atoms with Gasteiger partial charge in [-0.3, -0.25) is 9.59 Å². The number of carbonyl (C=O) groups is 2. The summed E-state index contributed by atoms with van der Waals surface area (Å²) in [5.74, 6) is -0.159. The number of amides is 2. The molecule has 1 atom stereocenters. The van der Waals surface area contributed by atoms with Crippen molar-refractivity contribution in [3.05, 3.63) is 93.1 Å². The minimum absolute atomic E-state index is 0.0648. The third-order valence-corrected chi connectivity index (χ3v) is 7.39. The standard InChI is InChI=1S/C27H29ClN4O2S/c1-4-31(5-2)26(34)24-18(3)30-27-32(25(24)21-13-9-10-14-22(21)28)20(17-35-27)15-23(33)29-16-19-11-7-6-8-12-19/h6-14,17,25H,4-5,15-16H2,1-3H3,(H,29,33). The van der Waals surface area contributed by atoms with E-state index in [2.05, 4.69) is 5.32 Å². The number of fused-ring (bicyclic) bond motifs is 1. The fourth-order valence-corrected chi connectivity index (χ4v) is 5.54. The topological polar surface area (TPSA) is 65.0 Å². The summed E-state index contributed by atoms with van der Waals surface area (Å²) in [7, 11) is 0. The number of nitrogens with zero attached hydrogens (tertiary/aromatic N) is 3. The quantitative estimate of drug-likeness (QED) is 0.512. The van der Waals surface area contributed by atoms with Gasteiger partial charge in [0.05, 0.1) is 23.7 Å². The maximum absolute atomic E-state index is 13.7. The molecule has 35 heavy (non-hydrogen) atoms. The first-order valence-electron chi connectivity index (χ1n) is 11.7. The lowest BCUT2D eigenvalue weighted by Crippen LogP contribution is -2.42. The van der Waals surface area contributed by atoms with Gasteiger partial charge in [0.15, 0.2) is 5.17 Å². The van der Waals surface area contributed by atoms with E-state index in [1.165, 1.54) is 11.8 Å². The first-order valence-corrected chi connectivity index (χ1v) is 13.0. The van der Waals surface area contributed by atoms with Gasteiger partial charge >= 0.3 is 0 Å². The number of amidine groups is 1. The smallest absolute Gasteiger partial charge is 0.254 e. The Morgan fingerprint density at radius 2 is 1.77 bits per heavy atom. The van der Waals surface area contributed by atoms with Crippen LogP contribution in [0.5, 0.6) is 0 Å². The van der Waals surface area contributed by atoms with Gasteiger partial charge in [-0.15, -0.1) is 0 Å². The molecule has 2 aromatic carbocycles. The van der Waals surface area contributed by atoms with E-state index < -0.39 is 6.04 Å². The molecule has 6 nitrogen and oxygen atoms in total. The summed E-state index contributed by atoms with van der Waals surface area (Å²) in [6.45, 7) is 7.45. The molecule has 0 fully saturated rings. The van der Waals surface area contributed by atoms with Crippen molar-refractivity contribution in [3.63, 3.8) is 0 Å². The van der Waals surface area contributed by atoms with Gasteiger partial charge in [-0.1, -0.05) is 71.9 Å². The molecule has 2 heterocycles. The molecule has 2 aliphatic rings. The van der Waals surface area contributed by atoms with Gasteiger partial charge in [0.1, 0.15) is 0 Å². The zero-order valence-corrected chi connectivity index (χ0v) is 21.7. The summed E-state index contributed by atoms with van der Waals surface area (Å²) in [5.41, 5.74) is 3.91. The van der Waals surface area contributed by atoms with Crippen molar-refractivity contribution in [3.8, 4) is 0 Å². The molecule has 0 saturated carbocycles. The van der Waals surface area contributed by atoms with Crippen LogP contribution in [0.1, 0.15) is 44.4 Å². The molecule has 1 unspecified atom stereocenters. The monoisotopic (exact) mass is 508 g/mol. The molecule has 2 amide bonds. The van der Waals surface area contributed by atoms with Crippen LogP contribution in [0, 0.1) is 0 Å². The normalized spacial score (nSPS) is 17.0. The number of hydrogen-bond acceptors (Lipinski definition) is 5. The fourth-order valence-electron chi connectivity index (χ4n) is 4.34. The van der Waals surface area contributed by atoms with E-state index in [0.29, 0.717) is 35.9 Å².